The van der Waals surface area contributed by atoms with Crippen LogP contribution in [-0.2, 0) is 19.6 Å². The summed E-state index contributed by atoms with van der Waals surface area (Å²) in [6.07, 6.45) is -1.11. The number of sulfonamides is 1. The predicted octanol–water partition coefficient (Wildman–Crippen LogP) is 1.85. The number of hydrogen-bond donors (Lipinski definition) is 2. The van der Waals surface area contributed by atoms with Crippen molar-refractivity contribution in [1.82, 2.24) is 4.72 Å². The third-order valence-electron chi connectivity index (χ3n) is 5.28. The van der Waals surface area contributed by atoms with E-state index in [4.69, 9.17) is 21.1 Å². The highest BCUT2D eigenvalue weighted by Gasteiger charge is 2.51. The van der Waals surface area contributed by atoms with Crippen molar-refractivity contribution in [1.29, 1.82) is 0 Å². The quantitative estimate of drug-likeness (QED) is 0.642. The molecule has 1 aliphatic carbocycles. The number of methoxy groups -OCH3 is 1. The second-order valence-corrected chi connectivity index (χ2v) is 9.28. The third-order valence-corrected chi connectivity index (χ3v) is 6.98. The molecule has 2 aliphatic rings. The van der Waals surface area contributed by atoms with Gasteiger partial charge >= 0.3 is 5.97 Å². The number of nitrogens with one attached hydrogen (secondary N) is 1. The van der Waals surface area contributed by atoms with E-state index in [1.165, 1.54) is 19.2 Å². The molecule has 0 bridgehead atoms. The maximum atomic E-state index is 12.9. The van der Waals surface area contributed by atoms with Crippen LogP contribution in [0.5, 0.6) is 11.5 Å². The number of aliphatic hydroxyl groups is 1. The molecule has 1 aliphatic heterocycles. The van der Waals surface area contributed by atoms with E-state index in [0.717, 1.165) is 0 Å². The van der Waals surface area contributed by atoms with Gasteiger partial charge in [0.2, 0.25) is 10.0 Å². The number of para-hydroxylation sites is 1. The Bertz CT molecular complexity index is 1070. The van der Waals surface area contributed by atoms with Gasteiger partial charge in [0.15, 0.2) is 18.1 Å². The zero-order chi connectivity index (χ0) is 21.5. The van der Waals surface area contributed by atoms with Crippen LogP contribution in [0.2, 0.25) is 5.02 Å². The fraction of sp³-hybridized carbons (Fsp3) is 0.350. The average Bonchev–Trinajstić information content (AvgIpc) is 3.22. The van der Waals surface area contributed by atoms with E-state index in [1.54, 1.807) is 30.3 Å². The largest absolute Gasteiger partial charge is 0.485 e. The molecular formula is C20H20ClNO7S. The summed E-state index contributed by atoms with van der Waals surface area (Å²) < 4.78 is 44.4. The van der Waals surface area contributed by atoms with Crippen molar-refractivity contribution in [3.05, 3.63) is 53.1 Å². The maximum absolute atomic E-state index is 12.9. The Balaban J connectivity index is 1.61. The van der Waals surface area contributed by atoms with Gasteiger partial charge in [-0.05, 0) is 24.3 Å². The molecule has 0 aromatic heterocycles. The van der Waals surface area contributed by atoms with Crippen molar-refractivity contribution in [3.63, 3.8) is 0 Å². The number of carbonyl (C=O) groups excluding carboxylic acids is 1. The van der Waals surface area contributed by atoms with E-state index in [0.29, 0.717) is 22.1 Å². The molecule has 1 heterocycles. The van der Waals surface area contributed by atoms with Gasteiger partial charge in [-0.15, -0.1) is 0 Å². The molecule has 0 saturated heterocycles. The molecule has 10 heteroatoms. The van der Waals surface area contributed by atoms with Crippen LogP contribution in [0.15, 0.2) is 47.4 Å². The average molecular weight is 454 g/mol. The van der Waals surface area contributed by atoms with Crippen molar-refractivity contribution in [2.45, 2.75) is 35.5 Å². The predicted molar refractivity (Wildman–Crippen MR) is 107 cm³/mol. The highest BCUT2D eigenvalue weighted by atomic mass is 35.5. The van der Waals surface area contributed by atoms with E-state index in [-0.39, 0.29) is 17.9 Å². The lowest BCUT2D eigenvalue weighted by Gasteiger charge is -2.22. The van der Waals surface area contributed by atoms with Crippen LogP contribution in [0.4, 0.5) is 0 Å². The normalized spacial score (nSPS) is 24.6. The number of aliphatic hydroxyl groups excluding tert-OH is 1. The molecule has 0 radical (unpaired) electrons. The zero-order valence-electron chi connectivity index (χ0n) is 15.9. The lowest BCUT2D eigenvalue weighted by Crippen LogP contribution is -2.43. The summed E-state index contributed by atoms with van der Waals surface area (Å²) in [5.41, 5.74) is 0.706. The van der Waals surface area contributed by atoms with Gasteiger partial charge in [-0.1, -0.05) is 29.8 Å². The SMILES string of the molecule is COC(=O)COc1cccc2c1OC1CC(O)C(NS(=O)(=O)c3cccc(Cl)c3)C21. The zero-order valence-corrected chi connectivity index (χ0v) is 17.5. The van der Waals surface area contributed by atoms with Crippen LogP contribution in [-0.4, -0.2) is 51.5 Å². The second-order valence-electron chi connectivity index (χ2n) is 7.13. The molecule has 4 rings (SSSR count). The van der Waals surface area contributed by atoms with Crippen LogP contribution in [0.3, 0.4) is 0 Å². The number of benzene rings is 2. The topological polar surface area (TPSA) is 111 Å². The van der Waals surface area contributed by atoms with Gasteiger partial charge in [-0.2, -0.15) is 0 Å². The molecule has 0 spiro atoms. The van der Waals surface area contributed by atoms with E-state index in [2.05, 4.69) is 9.46 Å². The first kappa shape index (κ1) is 20.9. The van der Waals surface area contributed by atoms with E-state index < -0.39 is 40.2 Å². The van der Waals surface area contributed by atoms with Gasteiger partial charge in [0.1, 0.15) is 6.10 Å². The minimum atomic E-state index is -3.92. The summed E-state index contributed by atoms with van der Waals surface area (Å²) in [6, 6.07) is 10.3. The Hall–Kier alpha value is -2.33. The summed E-state index contributed by atoms with van der Waals surface area (Å²) >= 11 is 5.92. The molecule has 1 saturated carbocycles. The van der Waals surface area contributed by atoms with Crippen molar-refractivity contribution >= 4 is 27.6 Å². The molecule has 2 aromatic rings. The fourth-order valence-electron chi connectivity index (χ4n) is 3.93. The highest BCUT2D eigenvalue weighted by Crippen LogP contribution is 2.51. The molecule has 8 nitrogen and oxygen atoms in total. The molecule has 160 valence electrons. The fourth-order valence-corrected chi connectivity index (χ4v) is 5.53. The molecule has 0 amide bonds. The molecular weight excluding hydrogens is 434 g/mol. The molecule has 1 fully saturated rings. The number of ether oxygens (including phenoxy) is 3. The number of esters is 1. The summed E-state index contributed by atoms with van der Waals surface area (Å²) in [4.78, 5) is 11.4. The van der Waals surface area contributed by atoms with Crippen molar-refractivity contribution in [3.8, 4) is 11.5 Å². The minimum absolute atomic E-state index is 0.0138. The van der Waals surface area contributed by atoms with Crippen LogP contribution >= 0.6 is 11.6 Å². The summed E-state index contributed by atoms with van der Waals surface area (Å²) in [6.45, 7) is -0.279. The van der Waals surface area contributed by atoms with Crippen molar-refractivity contribution in [2.24, 2.45) is 0 Å². The van der Waals surface area contributed by atoms with Gasteiger partial charge in [-0.25, -0.2) is 17.9 Å². The van der Waals surface area contributed by atoms with Crippen molar-refractivity contribution < 1.29 is 32.5 Å². The lowest BCUT2D eigenvalue weighted by atomic mass is 9.94. The third kappa shape index (κ3) is 3.85. The van der Waals surface area contributed by atoms with Gasteiger partial charge in [0, 0.05) is 22.9 Å². The molecule has 2 N–H and O–H groups in total. The lowest BCUT2D eigenvalue weighted by molar-refractivity contribution is -0.142. The van der Waals surface area contributed by atoms with Crippen LogP contribution < -0.4 is 14.2 Å². The first-order valence-electron chi connectivity index (χ1n) is 9.25. The Labute approximate surface area is 178 Å². The van der Waals surface area contributed by atoms with Crippen LogP contribution in [0.25, 0.3) is 0 Å². The summed E-state index contributed by atoms with van der Waals surface area (Å²) in [7, 11) is -2.65. The molecule has 2 aromatic carbocycles. The van der Waals surface area contributed by atoms with E-state index >= 15 is 0 Å². The maximum Gasteiger partial charge on any atom is 0.343 e. The Kier molecular flexibility index (Phi) is 5.63. The van der Waals surface area contributed by atoms with E-state index in [1.807, 2.05) is 0 Å². The van der Waals surface area contributed by atoms with Crippen LogP contribution in [0, 0.1) is 0 Å². The van der Waals surface area contributed by atoms with Gasteiger partial charge in [0.05, 0.1) is 24.2 Å². The number of carbonyl (C=O) groups is 1. The number of fused-ring (bicyclic) bond motifs is 3. The smallest absolute Gasteiger partial charge is 0.343 e. The van der Waals surface area contributed by atoms with E-state index in [9.17, 15) is 18.3 Å². The summed E-state index contributed by atoms with van der Waals surface area (Å²) in [5, 5.41) is 10.8. The second kappa shape index (κ2) is 8.07. The van der Waals surface area contributed by atoms with Gasteiger partial charge < -0.3 is 19.3 Å². The van der Waals surface area contributed by atoms with Gasteiger partial charge in [-0.3, -0.25) is 0 Å². The Morgan fingerprint density at radius 1 is 1.30 bits per heavy atom. The Morgan fingerprint density at radius 2 is 2.07 bits per heavy atom. The minimum Gasteiger partial charge on any atom is -0.485 e. The summed E-state index contributed by atoms with van der Waals surface area (Å²) in [5.74, 6) is -0.146. The van der Waals surface area contributed by atoms with Crippen LogP contribution in [0.1, 0.15) is 17.9 Å². The number of hydrogen-bond acceptors (Lipinski definition) is 7. The standard InChI is InChI=1S/C20H20ClNO7S/c1-27-17(24)10-28-15-7-3-6-13-18-16(29-20(13)15)9-14(23)19(18)22-30(25,26)12-5-2-4-11(21)8-12/h2-8,14,16,18-19,22-23H,9-10H2,1H3. The first-order chi connectivity index (χ1) is 14.3. The number of rotatable bonds is 6. The molecule has 4 unspecified atom stereocenters. The number of halogens is 1. The highest BCUT2D eigenvalue weighted by molar-refractivity contribution is 7.89. The van der Waals surface area contributed by atoms with Crippen molar-refractivity contribution in [2.75, 3.05) is 13.7 Å². The molecule has 30 heavy (non-hydrogen) atoms. The first-order valence-corrected chi connectivity index (χ1v) is 11.1. The molecule has 4 atom stereocenters. The van der Waals surface area contributed by atoms with Gasteiger partial charge in [0.25, 0.3) is 0 Å². The Morgan fingerprint density at radius 3 is 2.80 bits per heavy atom. The monoisotopic (exact) mass is 453 g/mol.